The largest absolute Gasteiger partial charge is 0.412 e. The molecule has 0 saturated carbocycles. The van der Waals surface area contributed by atoms with Crippen LogP contribution in [0.2, 0.25) is 0 Å². The van der Waals surface area contributed by atoms with Gasteiger partial charge in [-0.3, -0.25) is 0 Å². The van der Waals surface area contributed by atoms with Crippen molar-refractivity contribution in [3.05, 3.63) is 0 Å². The van der Waals surface area contributed by atoms with Gasteiger partial charge in [0.05, 0.1) is 0 Å². The fraction of sp³-hybridized carbons (Fsp3) is 0.750. The minimum absolute atomic E-state index is 0.0186. The topological polar surface area (TPSA) is 29.3 Å². The molecular formula is C8H14NO2+. The second-order valence-corrected chi connectivity index (χ2v) is 3.19. The summed E-state index contributed by atoms with van der Waals surface area (Å²) in [7, 11) is 0. The summed E-state index contributed by atoms with van der Waals surface area (Å²) in [6.07, 6.45) is 0. The van der Waals surface area contributed by atoms with Gasteiger partial charge in [-0.25, -0.2) is 4.79 Å². The second kappa shape index (κ2) is 3.13. The fourth-order valence-corrected chi connectivity index (χ4v) is 1.18. The zero-order chi connectivity index (χ0) is 8.43. The highest BCUT2D eigenvalue weighted by molar-refractivity contribution is 5.71. The van der Waals surface area contributed by atoms with E-state index in [2.05, 4.69) is 20.6 Å². The summed E-state index contributed by atoms with van der Waals surface area (Å²) in [6, 6.07) is 0.149. The number of hydrogen-bond donors (Lipinski definition) is 0. The summed E-state index contributed by atoms with van der Waals surface area (Å²) in [5, 5.41) is 0. The molecule has 0 aromatic rings. The second-order valence-electron chi connectivity index (χ2n) is 3.19. The number of ether oxygens (including phenoxy) is 1. The molecule has 1 fully saturated rings. The number of amides is 1. The molecule has 0 N–H and O–H groups in total. The first-order valence-corrected chi connectivity index (χ1v) is 3.83. The summed E-state index contributed by atoms with van der Waals surface area (Å²) in [5.74, 6) is 0.395. The highest BCUT2D eigenvalue weighted by atomic mass is 16.5. The Morgan fingerprint density at radius 1 is 1.73 bits per heavy atom. The molecule has 62 valence electrons. The minimum atomic E-state index is -0.0186. The van der Waals surface area contributed by atoms with Gasteiger partial charge in [-0.15, -0.1) is 0 Å². The van der Waals surface area contributed by atoms with Crippen LogP contribution < -0.4 is 0 Å². The van der Waals surface area contributed by atoms with Crippen molar-refractivity contribution in [3.8, 4) is 0 Å². The Morgan fingerprint density at radius 3 is 2.82 bits per heavy atom. The summed E-state index contributed by atoms with van der Waals surface area (Å²) in [4.78, 5) is 11.0. The van der Waals surface area contributed by atoms with Gasteiger partial charge in [0.25, 0.3) is 0 Å². The molecule has 1 heterocycles. The van der Waals surface area contributed by atoms with Gasteiger partial charge in [0.1, 0.15) is 13.3 Å². The van der Waals surface area contributed by atoms with Crippen LogP contribution in [0.4, 0.5) is 0 Å². The molecule has 1 amide bonds. The number of nitrogens with zero attached hydrogens (tertiary/aromatic N) is 1. The van der Waals surface area contributed by atoms with E-state index >= 15 is 0 Å². The number of morpholine rings is 1. The highest BCUT2D eigenvalue weighted by Gasteiger charge is 2.33. The van der Waals surface area contributed by atoms with Gasteiger partial charge in [-0.05, 0) is 0 Å². The van der Waals surface area contributed by atoms with Gasteiger partial charge in [0.15, 0.2) is 12.6 Å². The van der Waals surface area contributed by atoms with Gasteiger partial charge in [0.2, 0.25) is 0 Å². The van der Waals surface area contributed by atoms with Crippen molar-refractivity contribution in [1.29, 1.82) is 0 Å². The number of hydrogen-bond acceptors (Lipinski definition) is 2. The average Bonchev–Trinajstić information content (AvgIpc) is 1.94. The Labute approximate surface area is 66.7 Å². The van der Waals surface area contributed by atoms with Crippen LogP contribution in [0.1, 0.15) is 13.8 Å². The predicted octanol–water partition coefficient (Wildman–Crippen LogP) is 0.281. The van der Waals surface area contributed by atoms with E-state index in [1.165, 1.54) is 4.58 Å². The third-order valence-corrected chi connectivity index (χ3v) is 2.00. The lowest BCUT2D eigenvalue weighted by molar-refractivity contribution is -0.508. The smallest absolute Gasteiger partial charge is 0.360 e. The maximum atomic E-state index is 11.0. The Balaban J connectivity index is 2.66. The molecule has 3 heteroatoms. The van der Waals surface area contributed by atoms with Gasteiger partial charge < -0.3 is 4.74 Å². The van der Waals surface area contributed by atoms with E-state index in [-0.39, 0.29) is 18.6 Å². The van der Waals surface area contributed by atoms with Crippen LogP contribution in [-0.4, -0.2) is 36.5 Å². The quantitative estimate of drug-likeness (QED) is 0.510. The van der Waals surface area contributed by atoms with E-state index in [9.17, 15) is 4.79 Å². The maximum Gasteiger partial charge on any atom is 0.412 e. The van der Waals surface area contributed by atoms with Crippen LogP contribution in [-0.2, 0) is 9.53 Å². The first kappa shape index (κ1) is 8.40. The van der Waals surface area contributed by atoms with Crippen LogP contribution in [0.25, 0.3) is 0 Å². The van der Waals surface area contributed by atoms with Crippen molar-refractivity contribution in [2.45, 2.75) is 19.9 Å². The third-order valence-electron chi connectivity index (χ3n) is 2.00. The molecule has 11 heavy (non-hydrogen) atoms. The normalized spacial score (nSPS) is 26.3. The van der Waals surface area contributed by atoms with Crippen LogP contribution >= 0.6 is 0 Å². The minimum Gasteiger partial charge on any atom is -0.360 e. The number of carbonyl (C=O) groups is 1. The zero-order valence-corrected chi connectivity index (χ0v) is 7.04. The van der Waals surface area contributed by atoms with Gasteiger partial charge in [-0.2, -0.15) is 4.58 Å². The van der Waals surface area contributed by atoms with Gasteiger partial charge in [0, 0.05) is 5.92 Å². The Kier molecular flexibility index (Phi) is 2.39. The van der Waals surface area contributed by atoms with Gasteiger partial charge >= 0.3 is 5.91 Å². The summed E-state index contributed by atoms with van der Waals surface area (Å²) < 4.78 is 6.63. The van der Waals surface area contributed by atoms with E-state index in [4.69, 9.17) is 4.74 Å². The van der Waals surface area contributed by atoms with E-state index in [1.807, 2.05) is 0 Å². The first-order valence-electron chi connectivity index (χ1n) is 3.83. The lowest BCUT2D eigenvalue weighted by Crippen LogP contribution is -2.44. The van der Waals surface area contributed by atoms with Gasteiger partial charge in [-0.1, -0.05) is 13.8 Å². The van der Waals surface area contributed by atoms with Crippen molar-refractivity contribution in [1.82, 2.24) is 0 Å². The molecule has 0 aromatic heterocycles. The highest BCUT2D eigenvalue weighted by Crippen LogP contribution is 2.10. The van der Waals surface area contributed by atoms with Crippen LogP contribution in [0.5, 0.6) is 0 Å². The standard InChI is InChI=1S/C8H14NO2/c1-6(2)7-4-11-5-8(10)9(7)3/h6-7H,3-5H2,1-2H3/q+1. The van der Waals surface area contributed by atoms with E-state index in [0.29, 0.717) is 12.5 Å². The van der Waals surface area contributed by atoms with Crippen molar-refractivity contribution in [2.24, 2.45) is 5.92 Å². The molecule has 1 aliphatic heterocycles. The lowest BCUT2D eigenvalue weighted by atomic mass is 10.0. The third kappa shape index (κ3) is 1.66. The molecule has 0 aliphatic carbocycles. The molecule has 0 aromatic carbocycles. The van der Waals surface area contributed by atoms with Crippen molar-refractivity contribution in [3.63, 3.8) is 0 Å². The van der Waals surface area contributed by atoms with Crippen LogP contribution in [0, 0.1) is 5.92 Å². The van der Waals surface area contributed by atoms with E-state index in [0.717, 1.165) is 0 Å². The Morgan fingerprint density at radius 2 is 2.36 bits per heavy atom. The Hall–Kier alpha value is -0.700. The fourth-order valence-electron chi connectivity index (χ4n) is 1.18. The molecular weight excluding hydrogens is 142 g/mol. The summed E-state index contributed by atoms with van der Waals surface area (Å²) in [5.41, 5.74) is 0. The summed E-state index contributed by atoms with van der Waals surface area (Å²) >= 11 is 0. The van der Waals surface area contributed by atoms with Crippen LogP contribution in [0.3, 0.4) is 0 Å². The van der Waals surface area contributed by atoms with Crippen LogP contribution in [0.15, 0.2) is 0 Å². The monoisotopic (exact) mass is 156 g/mol. The number of rotatable bonds is 1. The van der Waals surface area contributed by atoms with E-state index < -0.39 is 0 Å². The molecule has 0 bridgehead atoms. The predicted molar refractivity (Wildman–Crippen MR) is 41.8 cm³/mol. The molecule has 0 radical (unpaired) electrons. The molecule has 1 saturated heterocycles. The number of carbonyl (C=O) groups excluding carboxylic acids is 1. The molecule has 1 rings (SSSR count). The first-order chi connectivity index (χ1) is 5.13. The van der Waals surface area contributed by atoms with Crippen molar-refractivity contribution >= 4 is 12.6 Å². The zero-order valence-electron chi connectivity index (χ0n) is 7.04. The van der Waals surface area contributed by atoms with Crippen molar-refractivity contribution in [2.75, 3.05) is 13.2 Å². The van der Waals surface area contributed by atoms with Crippen molar-refractivity contribution < 1.29 is 14.1 Å². The molecule has 1 atom stereocenters. The SMILES string of the molecule is C=[N+]1C(=O)COCC1C(C)C. The molecule has 1 unspecified atom stereocenters. The average molecular weight is 156 g/mol. The Bertz CT molecular complexity index is 187. The molecule has 0 spiro atoms. The summed E-state index contributed by atoms with van der Waals surface area (Å²) in [6.45, 7) is 8.61. The molecule has 3 nitrogen and oxygen atoms in total. The maximum absolute atomic E-state index is 11.0. The molecule has 1 aliphatic rings. The van der Waals surface area contributed by atoms with E-state index in [1.54, 1.807) is 0 Å². The lowest BCUT2D eigenvalue weighted by Gasteiger charge is -2.20.